The molecule has 0 rings (SSSR count). The Labute approximate surface area is 62.7 Å². The first kappa shape index (κ1) is 9.02. The maximum absolute atomic E-state index is 5.02. The van der Waals surface area contributed by atoms with E-state index >= 15 is 0 Å². The van der Waals surface area contributed by atoms with Gasteiger partial charge in [-0.25, -0.2) is 0 Å². The van der Waals surface area contributed by atoms with Crippen LogP contribution in [-0.4, -0.2) is 7.11 Å². The highest BCUT2D eigenvalue weighted by Gasteiger charge is 1.83. The van der Waals surface area contributed by atoms with Crippen LogP contribution in [0.4, 0.5) is 0 Å². The summed E-state index contributed by atoms with van der Waals surface area (Å²) in [5.74, 6) is 0.891. The Bertz CT molecular complexity index is 140. The van der Waals surface area contributed by atoms with Gasteiger partial charge in [0, 0.05) is 0 Å². The third-order valence-corrected chi connectivity index (χ3v) is 1.04. The van der Waals surface area contributed by atoms with Crippen LogP contribution in [0.3, 0.4) is 0 Å². The molecule has 0 aliphatic carbocycles. The van der Waals surface area contributed by atoms with Crippen molar-refractivity contribution in [3.63, 3.8) is 0 Å². The van der Waals surface area contributed by atoms with Crippen molar-refractivity contribution in [2.24, 2.45) is 0 Å². The molecular weight excluding hydrogens is 124 g/mol. The summed E-state index contributed by atoms with van der Waals surface area (Å²) >= 11 is 0. The summed E-state index contributed by atoms with van der Waals surface area (Å²) in [6.07, 6.45) is 8.47. The van der Waals surface area contributed by atoms with Gasteiger partial charge in [-0.05, 0) is 18.6 Å². The zero-order valence-corrected chi connectivity index (χ0v) is 6.63. The Morgan fingerprint density at radius 2 is 2.30 bits per heavy atom. The average molecular weight is 138 g/mol. The molecule has 0 aromatic heterocycles. The molecular formula is C9H14O. The van der Waals surface area contributed by atoms with Crippen LogP contribution in [0.15, 0.2) is 36.6 Å². The molecule has 0 aromatic rings. The van der Waals surface area contributed by atoms with Gasteiger partial charge in [-0.1, -0.05) is 25.7 Å². The first-order chi connectivity index (χ1) is 4.85. The molecule has 0 aliphatic rings. The Kier molecular flexibility index (Phi) is 5.54. The minimum Gasteiger partial charge on any atom is -0.497 e. The fraction of sp³-hybridized carbons (Fsp3) is 0.333. The van der Waals surface area contributed by atoms with Crippen molar-refractivity contribution in [1.82, 2.24) is 0 Å². The van der Waals surface area contributed by atoms with Gasteiger partial charge >= 0.3 is 0 Å². The number of rotatable bonds is 4. The maximum Gasteiger partial charge on any atom is 0.114 e. The average Bonchev–Trinajstić information content (AvgIpc) is 1.98. The van der Waals surface area contributed by atoms with Crippen LogP contribution < -0.4 is 0 Å². The number of hydrogen-bond acceptors (Lipinski definition) is 1. The third kappa shape index (κ3) is 3.96. The highest BCUT2D eigenvalue weighted by atomic mass is 16.5. The van der Waals surface area contributed by atoms with Gasteiger partial charge in [0.05, 0.1) is 7.11 Å². The maximum atomic E-state index is 5.02. The molecule has 10 heavy (non-hydrogen) atoms. The van der Waals surface area contributed by atoms with Crippen LogP contribution in [0.1, 0.15) is 13.3 Å². The van der Waals surface area contributed by atoms with E-state index in [1.165, 1.54) is 0 Å². The van der Waals surface area contributed by atoms with Gasteiger partial charge in [0.1, 0.15) is 5.76 Å². The van der Waals surface area contributed by atoms with Crippen molar-refractivity contribution >= 4 is 0 Å². The second kappa shape index (κ2) is 6.14. The van der Waals surface area contributed by atoms with Gasteiger partial charge in [0.2, 0.25) is 0 Å². The molecule has 0 aromatic carbocycles. The van der Waals surface area contributed by atoms with Crippen molar-refractivity contribution in [1.29, 1.82) is 0 Å². The molecule has 0 saturated carbocycles. The number of ether oxygens (including phenoxy) is 1. The largest absolute Gasteiger partial charge is 0.497 e. The molecule has 0 radical (unpaired) electrons. The van der Waals surface area contributed by atoms with E-state index in [0.29, 0.717) is 0 Å². The van der Waals surface area contributed by atoms with Crippen LogP contribution in [0.25, 0.3) is 0 Å². The van der Waals surface area contributed by atoms with E-state index in [2.05, 4.69) is 13.5 Å². The molecule has 56 valence electrons. The molecule has 0 fully saturated rings. The van der Waals surface area contributed by atoms with Gasteiger partial charge in [-0.3, -0.25) is 0 Å². The topological polar surface area (TPSA) is 9.23 Å². The molecule has 0 heterocycles. The fourth-order valence-electron chi connectivity index (χ4n) is 0.583. The summed E-state index contributed by atoms with van der Waals surface area (Å²) in [7, 11) is 1.66. The lowest BCUT2D eigenvalue weighted by molar-refractivity contribution is 0.305. The van der Waals surface area contributed by atoms with Crippen LogP contribution >= 0.6 is 0 Å². The second-order valence-corrected chi connectivity index (χ2v) is 1.81. The summed E-state index contributed by atoms with van der Waals surface area (Å²) in [4.78, 5) is 0. The van der Waals surface area contributed by atoms with Crippen molar-refractivity contribution < 1.29 is 4.74 Å². The first-order valence-electron chi connectivity index (χ1n) is 3.38. The Morgan fingerprint density at radius 1 is 1.60 bits per heavy atom. The summed E-state index contributed by atoms with van der Waals surface area (Å²) < 4.78 is 5.02. The lowest BCUT2D eigenvalue weighted by Gasteiger charge is -1.96. The van der Waals surface area contributed by atoms with Crippen molar-refractivity contribution in [2.75, 3.05) is 7.11 Å². The summed E-state index contributed by atoms with van der Waals surface area (Å²) in [5, 5.41) is 0. The number of methoxy groups -OCH3 is 1. The normalized spacial score (nSPS) is 12.0. The third-order valence-electron chi connectivity index (χ3n) is 1.04. The standard InChI is InChI=1S/C9H14O/c1-4-6-8-9(10-3)7-5-2/h4,6-8H,1,5H2,2-3H3/b8-6-,9-7+. The van der Waals surface area contributed by atoms with E-state index in [9.17, 15) is 0 Å². The van der Waals surface area contributed by atoms with Crippen molar-refractivity contribution in [3.8, 4) is 0 Å². The van der Waals surface area contributed by atoms with E-state index in [-0.39, 0.29) is 0 Å². The van der Waals surface area contributed by atoms with Crippen LogP contribution in [-0.2, 0) is 4.74 Å². The second-order valence-electron chi connectivity index (χ2n) is 1.81. The molecule has 0 saturated heterocycles. The predicted molar refractivity (Wildman–Crippen MR) is 44.7 cm³/mol. The van der Waals surface area contributed by atoms with Crippen molar-refractivity contribution in [2.45, 2.75) is 13.3 Å². The highest BCUT2D eigenvalue weighted by Crippen LogP contribution is 1.98. The molecule has 0 bridgehead atoms. The van der Waals surface area contributed by atoms with E-state index in [1.54, 1.807) is 13.2 Å². The Hall–Kier alpha value is -0.980. The summed E-state index contributed by atoms with van der Waals surface area (Å²) in [6, 6.07) is 0. The van der Waals surface area contributed by atoms with Crippen LogP contribution in [0, 0.1) is 0 Å². The van der Waals surface area contributed by atoms with Crippen LogP contribution in [0.5, 0.6) is 0 Å². The molecule has 0 N–H and O–H groups in total. The van der Waals surface area contributed by atoms with E-state index in [4.69, 9.17) is 4.74 Å². The van der Waals surface area contributed by atoms with E-state index in [0.717, 1.165) is 12.2 Å². The minimum absolute atomic E-state index is 0.891. The number of hydrogen-bond donors (Lipinski definition) is 0. The van der Waals surface area contributed by atoms with E-state index < -0.39 is 0 Å². The van der Waals surface area contributed by atoms with Gasteiger partial charge < -0.3 is 4.74 Å². The molecule has 1 heteroatoms. The fourth-order valence-corrected chi connectivity index (χ4v) is 0.583. The first-order valence-corrected chi connectivity index (χ1v) is 3.38. The molecule has 0 spiro atoms. The van der Waals surface area contributed by atoms with Gasteiger partial charge in [0.15, 0.2) is 0 Å². The lowest BCUT2D eigenvalue weighted by Crippen LogP contribution is -1.79. The van der Waals surface area contributed by atoms with Gasteiger partial charge in [0.25, 0.3) is 0 Å². The Balaban J connectivity index is 3.94. The SMILES string of the molecule is C=C/C=C\C(=C/CC)OC. The number of allylic oxidation sites excluding steroid dienone is 4. The molecule has 0 unspecified atom stereocenters. The quantitative estimate of drug-likeness (QED) is 0.428. The van der Waals surface area contributed by atoms with Crippen LogP contribution in [0.2, 0.25) is 0 Å². The minimum atomic E-state index is 0.891. The van der Waals surface area contributed by atoms with Gasteiger partial charge in [-0.2, -0.15) is 0 Å². The zero-order valence-electron chi connectivity index (χ0n) is 6.63. The molecule has 0 amide bonds. The predicted octanol–water partition coefficient (Wildman–Crippen LogP) is 2.67. The molecule has 1 nitrogen and oxygen atoms in total. The van der Waals surface area contributed by atoms with Gasteiger partial charge in [-0.15, -0.1) is 0 Å². The molecule has 0 aliphatic heterocycles. The Morgan fingerprint density at radius 3 is 2.70 bits per heavy atom. The monoisotopic (exact) mass is 138 g/mol. The van der Waals surface area contributed by atoms with Crippen molar-refractivity contribution in [3.05, 3.63) is 36.6 Å². The lowest BCUT2D eigenvalue weighted by atomic mass is 10.3. The summed E-state index contributed by atoms with van der Waals surface area (Å²) in [6.45, 7) is 5.63. The molecule has 0 atom stereocenters. The zero-order chi connectivity index (χ0) is 7.82. The highest BCUT2D eigenvalue weighted by molar-refractivity contribution is 5.15. The van der Waals surface area contributed by atoms with E-state index in [1.807, 2.05) is 18.2 Å². The summed E-state index contributed by atoms with van der Waals surface area (Å²) in [5.41, 5.74) is 0. The smallest absolute Gasteiger partial charge is 0.114 e.